The Morgan fingerprint density at radius 3 is 1.93 bits per heavy atom. The topological polar surface area (TPSA) is 3.24 Å². The van der Waals surface area contributed by atoms with E-state index in [2.05, 4.69) is 18.9 Å². The predicted octanol–water partition coefficient (Wildman–Crippen LogP) is 4.43. The fourth-order valence-electron chi connectivity index (χ4n) is 1.41. The van der Waals surface area contributed by atoms with E-state index in [-0.39, 0.29) is 7.43 Å². The van der Waals surface area contributed by atoms with E-state index in [0.29, 0.717) is 0 Å². The molecule has 1 rings (SSSR count). The first-order valence-electron chi connectivity index (χ1n) is 5.97. The quantitative estimate of drug-likeness (QED) is 0.563. The zero-order valence-electron chi connectivity index (χ0n) is 10.6. The summed E-state index contributed by atoms with van der Waals surface area (Å²) in [5.74, 6) is 0.968. The smallest absolute Gasteiger partial charge is 0.00192 e. The van der Waals surface area contributed by atoms with E-state index in [1.165, 1.54) is 32.4 Å². The van der Waals surface area contributed by atoms with Crippen LogP contribution >= 0.6 is 0 Å². The maximum atomic E-state index is 2.43. The van der Waals surface area contributed by atoms with Gasteiger partial charge in [0.05, 0.1) is 0 Å². The first-order valence-corrected chi connectivity index (χ1v) is 5.97. The molecule has 0 aliphatic carbocycles. The zero-order valence-corrected chi connectivity index (χ0v) is 10.6. The standard InChI is InChI=1S/C8H17N.2C2H6.CH4/c1-8-4-3-6-9(2)7-5-8;2*1-2;/h8H,3-7H2,1-2H3;2*1-2H3;1H4. The highest BCUT2D eigenvalue weighted by molar-refractivity contribution is 4.63. The van der Waals surface area contributed by atoms with Gasteiger partial charge < -0.3 is 4.90 Å². The summed E-state index contributed by atoms with van der Waals surface area (Å²) in [5.41, 5.74) is 0. The largest absolute Gasteiger partial charge is 0.306 e. The number of hydrogen-bond acceptors (Lipinski definition) is 1. The summed E-state index contributed by atoms with van der Waals surface area (Å²) >= 11 is 0. The Kier molecular flexibility index (Phi) is 21.5. The fourth-order valence-corrected chi connectivity index (χ4v) is 1.41. The number of nitrogens with zero attached hydrogens (tertiary/aromatic N) is 1. The third-order valence-electron chi connectivity index (χ3n) is 2.24. The van der Waals surface area contributed by atoms with Crippen LogP contribution in [0.25, 0.3) is 0 Å². The lowest BCUT2D eigenvalue weighted by Gasteiger charge is -2.11. The molecule has 0 radical (unpaired) electrons. The van der Waals surface area contributed by atoms with Gasteiger partial charge in [0.2, 0.25) is 0 Å². The summed E-state index contributed by atoms with van der Waals surface area (Å²) in [6.45, 7) is 13.0. The van der Waals surface area contributed by atoms with Crippen molar-refractivity contribution in [1.29, 1.82) is 0 Å². The molecule has 0 spiro atoms. The van der Waals surface area contributed by atoms with Gasteiger partial charge in [-0.15, -0.1) is 0 Å². The zero-order chi connectivity index (χ0) is 10.7. The highest BCUT2D eigenvalue weighted by Gasteiger charge is 2.09. The summed E-state index contributed by atoms with van der Waals surface area (Å²) in [6, 6.07) is 0. The van der Waals surface area contributed by atoms with Crippen LogP contribution in [0.2, 0.25) is 0 Å². The molecule has 0 saturated carbocycles. The molecule has 14 heavy (non-hydrogen) atoms. The molecule has 1 fully saturated rings. The lowest BCUT2D eigenvalue weighted by atomic mass is 10.0. The Hall–Kier alpha value is -0.0400. The average molecular weight is 203 g/mol. The second kappa shape index (κ2) is 15.4. The molecule has 0 aromatic heterocycles. The van der Waals surface area contributed by atoms with Gasteiger partial charge in [0.1, 0.15) is 0 Å². The number of likely N-dealkylation sites (tertiary alicyclic amines) is 1. The van der Waals surface area contributed by atoms with Crippen LogP contribution in [0.5, 0.6) is 0 Å². The van der Waals surface area contributed by atoms with Crippen molar-refractivity contribution < 1.29 is 0 Å². The summed E-state index contributed by atoms with van der Waals surface area (Å²) < 4.78 is 0. The van der Waals surface area contributed by atoms with Gasteiger partial charge in [-0.25, -0.2) is 0 Å². The van der Waals surface area contributed by atoms with E-state index in [1.54, 1.807) is 0 Å². The summed E-state index contributed by atoms with van der Waals surface area (Å²) in [7, 11) is 2.22. The second-order valence-corrected chi connectivity index (χ2v) is 3.34. The van der Waals surface area contributed by atoms with Gasteiger partial charge in [-0.1, -0.05) is 42.0 Å². The lowest BCUT2D eigenvalue weighted by molar-refractivity contribution is 0.344. The van der Waals surface area contributed by atoms with Crippen LogP contribution in [0.1, 0.15) is 61.3 Å². The van der Waals surface area contributed by atoms with E-state index in [0.717, 1.165) is 5.92 Å². The van der Waals surface area contributed by atoms with Crippen LogP contribution in [0, 0.1) is 5.92 Å². The first-order chi connectivity index (χ1) is 6.29. The van der Waals surface area contributed by atoms with Gasteiger partial charge in [0, 0.05) is 0 Å². The molecule has 1 nitrogen and oxygen atoms in total. The van der Waals surface area contributed by atoms with Crippen LogP contribution in [-0.4, -0.2) is 25.0 Å². The maximum absolute atomic E-state index is 2.43. The normalized spacial score (nSPS) is 21.4. The molecule has 1 unspecified atom stereocenters. The van der Waals surface area contributed by atoms with E-state index < -0.39 is 0 Å². The Morgan fingerprint density at radius 1 is 0.929 bits per heavy atom. The Labute approximate surface area is 92.9 Å². The predicted molar refractivity (Wildman–Crippen MR) is 69.9 cm³/mol. The van der Waals surface area contributed by atoms with Crippen LogP contribution < -0.4 is 0 Å². The van der Waals surface area contributed by atoms with Crippen molar-refractivity contribution in [3.05, 3.63) is 0 Å². The molecule has 0 aromatic carbocycles. The summed E-state index contributed by atoms with van der Waals surface area (Å²) in [4.78, 5) is 2.43. The van der Waals surface area contributed by atoms with Gasteiger partial charge in [-0.05, 0) is 45.3 Å². The average Bonchev–Trinajstić information content (AvgIpc) is 2.38. The molecule has 1 saturated heterocycles. The van der Waals surface area contributed by atoms with Crippen LogP contribution in [0.4, 0.5) is 0 Å². The molecule has 0 amide bonds. The second-order valence-electron chi connectivity index (χ2n) is 3.34. The molecule has 0 aromatic rings. The molecule has 1 heteroatoms. The number of rotatable bonds is 0. The minimum Gasteiger partial charge on any atom is -0.306 e. The molecular weight excluding hydrogens is 170 g/mol. The Balaban J connectivity index is -0.000000216. The van der Waals surface area contributed by atoms with Crippen molar-refractivity contribution in [2.75, 3.05) is 20.1 Å². The molecule has 1 aliphatic rings. The van der Waals surface area contributed by atoms with Crippen molar-refractivity contribution >= 4 is 0 Å². The minimum atomic E-state index is 0. The van der Waals surface area contributed by atoms with Gasteiger partial charge in [0.25, 0.3) is 0 Å². The van der Waals surface area contributed by atoms with Crippen molar-refractivity contribution in [2.24, 2.45) is 5.92 Å². The summed E-state index contributed by atoms with van der Waals surface area (Å²) in [6.07, 6.45) is 4.23. The molecule has 0 bridgehead atoms. The van der Waals surface area contributed by atoms with E-state index in [4.69, 9.17) is 0 Å². The van der Waals surface area contributed by atoms with Crippen molar-refractivity contribution in [3.63, 3.8) is 0 Å². The van der Waals surface area contributed by atoms with Crippen LogP contribution in [-0.2, 0) is 0 Å². The highest BCUT2D eigenvalue weighted by Crippen LogP contribution is 2.14. The van der Waals surface area contributed by atoms with Gasteiger partial charge >= 0.3 is 0 Å². The molecule has 1 aliphatic heterocycles. The molecule has 1 atom stereocenters. The highest BCUT2D eigenvalue weighted by atomic mass is 15.1. The monoisotopic (exact) mass is 203 g/mol. The number of hydrogen-bond donors (Lipinski definition) is 0. The summed E-state index contributed by atoms with van der Waals surface area (Å²) in [5, 5.41) is 0. The van der Waals surface area contributed by atoms with Crippen LogP contribution in [0.3, 0.4) is 0 Å². The van der Waals surface area contributed by atoms with E-state index >= 15 is 0 Å². The minimum absolute atomic E-state index is 0. The molecule has 0 N–H and O–H groups in total. The van der Waals surface area contributed by atoms with Crippen LogP contribution in [0.15, 0.2) is 0 Å². The fraction of sp³-hybridized carbons (Fsp3) is 1.00. The van der Waals surface area contributed by atoms with Gasteiger partial charge in [-0.3, -0.25) is 0 Å². The van der Waals surface area contributed by atoms with Gasteiger partial charge in [0.15, 0.2) is 0 Å². The molecule has 90 valence electrons. The third-order valence-corrected chi connectivity index (χ3v) is 2.24. The van der Waals surface area contributed by atoms with E-state index in [1.807, 2.05) is 27.7 Å². The third kappa shape index (κ3) is 12.0. The van der Waals surface area contributed by atoms with E-state index in [9.17, 15) is 0 Å². The van der Waals surface area contributed by atoms with Gasteiger partial charge in [-0.2, -0.15) is 0 Å². The Bertz CT molecular complexity index is 71.3. The molecule has 1 heterocycles. The SMILES string of the molecule is C.CC.CC.CC1CCCN(C)CC1. The lowest BCUT2D eigenvalue weighted by Crippen LogP contribution is -2.18. The Morgan fingerprint density at radius 2 is 1.43 bits per heavy atom. The van der Waals surface area contributed by atoms with Crippen molar-refractivity contribution in [3.8, 4) is 0 Å². The maximum Gasteiger partial charge on any atom is -0.00192 e. The van der Waals surface area contributed by atoms with Crippen molar-refractivity contribution in [2.45, 2.75) is 61.3 Å². The first kappa shape index (κ1) is 19.5. The molecular formula is C13H33N. The van der Waals surface area contributed by atoms with Crippen molar-refractivity contribution in [1.82, 2.24) is 4.90 Å².